The first-order chi connectivity index (χ1) is 8.97. The van der Waals surface area contributed by atoms with Crippen LogP contribution in [0.4, 0.5) is 5.95 Å². The van der Waals surface area contributed by atoms with Gasteiger partial charge >= 0.3 is 5.97 Å². The highest BCUT2D eigenvalue weighted by atomic mass is 16.4. The quantitative estimate of drug-likeness (QED) is 0.493. The number of aromatic nitrogens is 4. The molecule has 2 heterocycles. The van der Waals surface area contributed by atoms with E-state index in [1.807, 2.05) is 0 Å². The van der Waals surface area contributed by atoms with Gasteiger partial charge in [0.05, 0.1) is 6.33 Å². The fourth-order valence-electron chi connectivity index (χ4n) is 1.47. The largest absolute Gasteiger partial charge is 0.480 e. The molecular formula is C9H10N6O4. The first-order valence-corrected chi connectivity index (χ1v) is 5.16. The van der Waals surface area contributed by atoms with E-state index in [1.165, 1.54) is 10.9 Å². The number of aliphatic carboxylic acids is 1. The Kier molecular flexibility index (Phi) is 3.14. The summed E-state index contributed by atoms with van der Waals surface area (Å²) in [6, 6.07) is 0. The summed E-state index contributed by atoms with van der Waals surface area (Å²) in [7, 11) is 0. The zero-order valence-electron chi connectivity index (χ0n) is 9.58. The third kappa shape index (κ3) is 2.68. The maximum absolute atomic E-state index is 11.5. The number of amides is 1. The van der Waals surface area contributed by atoms with Gasteiger partial charge < -0.3 is 20.7 Å². The molecular weight excluding hydrogens is 256 g/mol. The molecule has 0 fully saturated rings. The molecule has 0 atom stereocenters. The summed E-state index contributed by atoms with van der Waals surface area (Å²) in [5.74, 6) is -1.78. The molecule has 0 bridgehead atoms. The van der Waals surface area contributed by atoms with E-state index in [2.05, 4.69) is 20.3 Å². The SMILES string of the molecule is Nc1nc2c(ncn2CC(=O)NCC(=O)O)c(=O)[nH]1. The number of hydrogen-bond acceptors (Lipinski definition) is 6. The van der Waals surface area contributed by atoms with E-state index in [0.29, 0.717) is 0 Å². The number of hydrogen-bond donors (Lipinski definition) is 4. The van der Waals surface area contributed by atoms with Gasteiger partial charge in [-0.15, -0.1) is 0 Å². The molecule has 2 aromatic rings. The van der Waals surface area contributed by atoms with Crippen molar-refractivity contribution in [1.82, 2.24) is 24.8 Å². The lowest BCUT2D eigenvalue weighted by Gasteiger charge is -2.04. The average molecular weight is 266 g/mol. The number of nitrogens with two attached hydrogens (primary N) is 1. The molecule has 0 aromatic carbocycles. The van der Waals surface area contributed by atoms with Gasteiger partial charge in [-0.05, 0) is 0 Å². The van der Waals surface area contributed by atoms with Crippen molar-refractivity contribution < 1.29 is 14.7 Å². The van der Waals surface area contributed by atoms with Crippen LogP contribution in [0.25, 0.3) is 11.2 Å². The molecule has 2 aromatic heterocycles. The molecule has 0 aliphatic rings. The van der Waals surface area contributed by atoms with Crippen LogP contribution in [0.5, 0.6) is 0 Å². The predicted octanol–water partition coefficient (Wildman–Crippen LogP) is -2.10. The van der Waals surface area contributed by atoms with Gasteiger partial charge in [0.2, 0.25) is 11.9 Å². The van der Waals surface area contributed by atoms with E-state index >= 15 is 0 Å². The lowest BCUT2D eigenvalue weighted by Crippen LogP contribution is -2.32. The molecule has 0 aliphatic carbocycles. The Labute approximate surface area is 105 Å². The molecule has 0 aliphatic heterocycles. The third-order valence-corrected chi connectivity index (χ3v) is 2.24. The van der Waals surface area contributed by atoms with Crippen molar-refractivity contribution in [2.45, 2.75) is 6.54 Å². The van der Waals surface area contributed by atoms with Gasteiger partial charge in [0.25, 0.3) is 5.56 Å². The molecule has 1 amide bonds. The van der Waals surface area contributed by atoms with Gasteiger partial charge in [0, 0.05) is 0 Å². The first-order valence-electron chi connectivity index (χ1n) is 5.16. The van der Waals surface area contributed by atoms with Crippen LogP contribution >= 0.6 is 0 Å². The Balaban J connectivity index is 2.24. The molecule has 0 spiro atoms. The normalized spacial score (nSPS) is 10.5. The summed E-state index contributed by atoms with van der Waals surface area (Å²) in [5.41, 5.74) is 5.10. The second kappa shape index (κ2) is 4.76. The van der Waals surface area contributed by atoms with E-state index in [-0.39, 0.29) is 23.7 Å². The van der Waals surface area contributed by atoms with Crippen molar-refractivity contribution in [3.63, 3.8) is 0 Å². The topological polar surface area (TPSA) is 156 Å². The fourth-order valence-corrected chi connectivity index (χ4v) is 1.47. The standard InChI is InChI=1S/C9H10N6O4/c10-9-13-7-6(8(19)14-9)12-3-15(7)2-4(16)11-1-5(17)18/h3H,1-2H2,(H,11,16)(H,17,18)(H3,10,13,14,19). The van der Waals surface area contributed by atoms with Crippen molar-refractivity contribution in [2.75, 3.05) is 12.3 Å². The van der Waals surface area contributed by atoms with Crippen LogP contribution in [0.2, 0.25) is 0 Å². The number of carboxylic acid groups (broad SMARTS) is 1. The number of anilines is 1. The number of aromatic amines is 1. The highest BCUT2D eigenvalue weighted by molar-refractivity contribution is 5.82. The molecule has 19 heavy (non-hydrogen) atoms. The van der Waals surface area contributed by atoms with E-state index in [0.717, 1.165) is 0 Å². The van der Waals surface area contributed by atoms with Crippen molar-refractivity contribution in [3.8, 4) is 0 Å². The average Bonchev–Trinajstić information content (AvgIpc) is 2.70. The summed E-state index contributed by atoms with van der Waals surface area (Å²) in [6.45, 7) is -0.693. The maximum Gasteiger partial charge on any atom is 0.322 e. The van der Waals surface area contributed by atoms with Crippen LogP contribution in [-0.2, 0) is 16.1 Å². The van der Waals surface area contributed by atoms with Gasteiger partial charge in [-0.1, -0.05) is 0 Å². The predicted molar refractivity (Wildman–Crippen MR) is 63.2 cm³/mol. The number of nitrogens with one attached hydrogen (secondary N) is 2. The number of rotatable bonds is 4. The van der Waals surface area contributed by atoms with Crippen LogP contribution in [0, 0.1) is 0 Å². The minimum Gasteiger partial charge on any atom is -0.480 e. The van der Waals surface area contributed by atoms with E-state index in [9.17, 15) is 14.4 Å². The Hall–Kier alpha value is -2.91. The molecule has 0 unspecified atom stereocenters. The van der Waals surface area contributed by atoms with Crippen LogP contribution < -0.4 is 16.6 Å². The highest BCUT2D eigenvalue weighted by Crippen LogP contribution is 2.05. The Morgan fingerprint density at radius 2 is 2.26 bits per heavy atom. The molecule has 100 valence electrons. The molecule has 2 rings (SSSR count). The Bertz CT molecular complexity index is 702. The molecule has 0 radical (unpaired) electrons. The number of carboxylic acids is 1. The number of fused-ring (bicyclic) bond motifs is 1. The van der Waals surface area contributed by atoms with E-state index in [4.69, 9.17) is 10.8 Å². The number of carbonyl (C=O) groups excluding carboxylic acids is 1. The van der Waals surface area contributed by atoms with Gasteiger partial charge in [-0.2, -0.15) is 4.98 Å². The molecule has 10 nitrogen and oxygen atoms in total. The zero-order chi connectivity index (χ0) is 14.0. The molecule has 10 heteroatoms. The molecule has 0 saturated heterocycles. The van der Waals surface area contributed by atoms with Gasteiger partial charge in [0.1, 0.15) is 13.1 Å². The van der Waals surface area contributed by atoms with E-state index in [1.54, 1.807) is 0 Å². The second-order valence-electron chi connectivity index (χ2n) is 3.67. The van der Waals surface area contributed by atoms with Gasteiger partial charge in [-0.25, -0.2) is 4.98 Å². The van der Waals surface area contributed by atoms with Crippen LogP contribution in [-0.4, -0.2) is 43.0 Å². The Morgan fingerprint density at radius 3 is 2.95 bits per heavy atom. The number of imidazole rings is 1. The summed E-state index contributed by atoms with van der Waals surface area (Å²) >= 11 is 0. The van der Waals surface area contributed by atoms with Crippen molar-refractivity contribution >= 4 is 29.0 Å². The second-order valence-corrected chi connectivity index (χ2v) is 3.67. The van der Waals surface area contributed by atoms with Gasteiger partial charge in [0.15, 0.2) is 11.2 Å². The number of nitrogen functional groups attached to an aromatic ring is 1. The molecule has 5 N–H and O–H groups in total. The maximum atomic E-state index is 11.5. The fraction of sp³-hybridized carbons (Fsp3) is 0.222. The minimum atomic E-state index is -1.15. The third-order valence-electron chi connectivity index (χ3n) is 2.24. The minimum absolute atomic E-state index is 0.0558. The lowest BCUT2D eigenvalue weighted by molar-refractivity contribution is -0.138. The van der Waals surface area contributed by atoms with Crippen molar-refractivity contribution in [3.05, 3.63) is 16.7 Å². The monoisotopic (exact) mass is 266 g/mol. The lowest BCUT2D eigenvalue weighted by atomic mass is 10.5. The van der Waals surface area contributed by atoms with Crippen LogP contribution in [0.1, 0.15) is 0 Å². The number of nitrogens with zero attached hydrogens (tertiary/aromatic N) is 3. The Morgan fingerprint density at radius 1 is 1.53 bits per heavy atom. The van der Waals surface area contributed by atoms with Crippen molar-refractivity contribution in [2.24, 2.45) is 0 Å². The number of carbonyl (C=O) groups is 2. The first kappa shape index (κ1) is 12.5. The highest BCUT2D eigenvalue weighted by Gasteiger charge is 2.12. The van der Waals surface area contributed by atoms with Crippen LogP contribution in [0.15, 0.2) is 11.1 Å². The number of H-pyrrole nitrogens is 1. The smallest absolute Gasteiger partial charge is 0.322 e. The summed E-state index contributed by atoms with van der Waals surface area (Å²) in [5, 5.41) is 10.6. The van der Waals surface area contributed by atoms with Crippen LogP contribution in [0.3, 0.4) is 0 Å². The van der Waals surface area contributed by atoms with Crippen molar-refractivity contribution in [1.29, 1.82) is 0 Å². The molecule has 0 saturated carbocycles. The summed E-state index contributed by atoms with van der Waals surface area (Å²) < 4.78 is 1.30. The van der Waals surface area contributed by atoms with Gasteiger partial charge in [-0.3, -0.25) is 19.4 Å². The summed E-state index contributed by atoms with van der Waals surface area (Å²) in [6.07, 6.45) is 1.26. The zero-order valence-corrected chi connectivity index (χ0v) is 9.58. The van der Waals surface area contributed by atoms with E-state index < -0.39 is 24.0 Å². The summed E-state index contributed by atoms with van der Waals surface area (Å²) in [4.78, 5) is 43.2.